The van der Waals surface area contributed by atoms with Crippen LogP contribution in [0, 0.1) is 0 Å². The van der Waals surface area contributed by atoms with Crippen molar-refractivity contribution in [1.82, 2.24) is 10.2 Å². The summed E-state index contributed by atoms with van der Waals surface area (Å²) in [6.45, 7) is 10.5. The molecule has 0 saturated heterocycles. The van der Waals surface area contributed by atoms with Gasteiger partial charge in [-0.25, -0.2) is 0 Å². The predicted molar refractivity (Wildman–Crippen MR) is 73.5 cm³/mol. The molecule has 1 aromatic heterocycles. The zero-order valence-electron chi connectivity index (χ0n) is 12.0. The fourth-order valence-corrected chi connectivity index (χ4v) is 1.67. The van der Waals surface area contributed by atoms with Crippen LogP contribution in [-0.4, -0.2) is 37.7 Å². The molecule has 0 saturated carbocycles. The highest BCUT2D eigenvalue weighted by atomic mass is 16.5. The molecule has 4 heteroatoms. The lowest BCUT2D eigenvalue weighted by molar-refractivity contribution is 0.118. The maximum absolute atomic E-state index is 5.55. The minimum atomic E-state index is 0.489. The maximum Gasteiger partial charge on any atom is 0.122 e. The second kappa shape index (κ2) is 8.29. The zero-order chi connectivity index (χ0) is 13.4. The van der Waals surface area contributed by atoms with Gasteiger partial charge in [-0.15, -0.1) is 0 Å². The van der Waals surface area contributed by atoms with E-state index in [4.69, 9.17) is 9.15 Å². The summed E-state index contributed by atoms with van der Waals surface area (Å²) in [6, 6.07) is 2.53. The average Bonchev–Trinajstić information content (AvgIpc) is 2.74. The second-order valence-electron chi connectivity index (χ2n) is 4.84. The van der Waals surface area contributed by atoms with E-state index >= 15 is 0 Å². The number of likely N-dealkylation sites (N-methyl/N-ethyl adjacent to an activating group) is 1. The Bertz CT molecular complexity index is 323. The van der Waals surface area contributed by atoms with E-state index in [9.17, 15) is 0 Å². The van der Waals surface area contributed by atoms with Crippen LogP contribution in [0.25, 0.3) is 0 Å². The van der Waals surface area contributed by atoms with Crippen molar-refractivity contribution < 1.29 is 9.15 Å². The van der Waals surface area contributed by atoms with Crippen molar-refractivity contribution in [2.75, 3.05) is 26.8 Å². The first-order valence-corrected chi connectivity index (χ1v) is 6.68. The molecule has 104 valence electrons. The van der Waals surface area contributed by atoms with Gasteiger partial charge in [-0.2, -0.15) is 0 Å². The average molecular weight is 254 g/mol. The van der Waals surface area contributed by atoms with Crippen molar-refractivity contribution >= 4 is 0 Å². The van der Waals surface area contributed by atoms with Crippen molar-refractivity contribution in [2.24, 2.45) is 0 Å². The Morgan fingerprint density at radius 2 is 2.22 bits per heavy atom. The van der Waals surface area contributed by atoms with Gasteiger partial charge in [-0.3, -0.25) is 4.90 Å². The highest BCUT2D eigenvalue weighted by Gasteiger charge is 2.09. The van der Waals surface area contributed by atoms with Crippen molar-refractivity contribution in [3.05, 3.63) is 23.7 Å². The minimum Gasteiger partial charge on any atom is -0.468 e. The highest BCUT2D eigenvalue weighted by Crippen LogP contribution is 2.12. The number of nitrogens with zero attached hydrogens (tertiary/aromatic N) is 1. The first-order chi connectivity index (χ1) is 8.63. The van der Waals surface area contributed by atoms with Crippen LogP contribution in [0.5, 0.6) is 0 Å². The van der Waals surface area contributed by atoms with Crippen LogP contribution in [0.4, 0.5) is 0 Å². The van der Waals surface area contributed by atoms with Gasteiger partial charge in [0.25, 0.3) is 0 Å². The third-order valence-corrected chi connectivity index (χ3v) is 2.77. The van der Waals surface area contributed by atoms with E-state index in [-0.39, 0.29) is 0 Å². The largest absolute Gasteiger partial charge is 0.468 e. The summed E-state index contributed by atoms with van der Waals surface area (Å²) in [6.07, 6.45) is 1.77. The minimum absolute atomic E-state index is 0.489. The van der Waals surface area contributed by atoms with E-state index in [2.05, 4.69) is 31.1 Å². The lowest BCUT2D eigenvalue weighted by Gasteiger charge is -2.16. The predicted octanol–water partition coefficient (Wildman–Crippen LogP) is 2.25. The van der Waals surface area contributed by atoms with Gasteiger partial charge < -0.3 is 14.5 Å². The van der Waals surface area contributed by atoms with Crippen LogP contribution in [0.15, 0.2) is 16.7 Å². The number of furan rings is 1. The number of hydrogen-bond acceptors (Lipinski definition) is 4. The molecule has 0 radical (unpaired) electrons. The molecule has 4 nitrogen and oxygen atoms in total. The van der Waals surface area contributed by atoms with Crippen molar-refractivity contribution in [2.45, 2.75) is 39.9 Å². The number of rotatable bonds is 9. The summed E-state index contributed by atoms with van der Waals surface area (Å²) in [4.78, 5) is 2.22. The number of nitrogens with one attached hydrogen (secondary N) is 1. The quantitative estimate of drug-likeness (QED) is 0.686. The zero-order valence-corrected chi connectivity index (χ0v) is 12.0. The van der Waals surface area contributed by atoms with Crippen LogP contribution in [0.3, 0.4) is 0 Å². The standard InChI is InChI=1S/C14H26N2O2/c1-5-17-9-7-16(4)11-14-13(6-8-18-14)10-15-12(2)3/h6,8,12,15H,5,7,9-11H2,1-4H3. The molecule has 0 aliphatic rings. The number of ether oxygens (including phenoxy) is 1. The molecule has 0 amide bonds. The molecule has 0 fully saturated rings. The molecule has 18 heavy (non-hydrogen) atoms. The summed E-state index contributed by atoms with van der Waals surface area (Å²) < 4.78 is 10.9. The van der Waals surface area contributed by atoms with Crippen molar-refractivity contribution in [1.29, 1.82) is 0 Å². The topological polar surface area (TPSA) is 37.6 Å². The van der Waals surface area contributed by atoms with E-state index in [1.54, 1.807) is 6.26 Å². The van der Waals surface area contributed by atoms with Crippen LogP contribution >= 0.6 is 0 Å². The van der Waals surface area contributed by atoms with Gasteiger partial charge in [0.1, 0.15) is 5.76 Å². The first kappa shape index (κ1) is 15.2. The maximum atomic E-state index is 5.55. The molecule has 0 spiro atoms. The molecule has 1 heterocycles. The molecular weight excluding hydrogens is 228 g/mol. The Kier molecular flexibility index (Phi) is 7.01. The summed E-state index contributed by atoms with van der Waals surface area (Å²) in [7, 11) is 2.08. The van der Waals surface area contributed by atoms with Gasteiger partial charge in [0, 0.05) is 31.3 Å². The first-order valence-electron chi connectivity index (χ1n) is 6.68. The fourth-order valence-electron chi connectivity index (χ4n) is 1.67. The van der Waals surface area contributed by atoms with Crippen LogP contribution in [-0.2, 0) is 17.8 Å². The molecule has 1 N–H and O–H groups in total. The second-order valence-corrected chi connectivity index (χ2v) is 4.84. The van der Waals surface area contributed by atoms with Crippen LogP contribution in [0.1, 0.15) is 32.1 Å². The van der Waals surface area contributed by atoms with Gasteiger partial charge in [-0.1, -0.05) is 13.8 Å². The van der Waals surface area contributed by atoms with E-state index in [0.29, 0.717) is 6.04 Å². The Balaban J connectivity index is 2.38. The fraction of sp³-hybridized carbons (Fsp3) is 0.714. The Labute approximate surface area is 110 Å². The van der Waals surface area contributed by atoms with E-state index in [1.165, 1.54) is 5.56 Å². The Morgan fingerprint density at radius 1 is 1.44 bits per heavy atom. The lowest BCUT2D eigenvalue weighted by Crippen LogP contribution is -2.25. The monoisotopic (exact) mass is 254 g/mol. The van der Waals surface area contributed by atoms with E-state index in [1.807, 2.05) is 13.0 Å². The van der Waals surface area contributed by atoms with Gasteiger partial charge >= 0.3 is 0 Å². The third kappa shape index (κ3) is 5.67. The molecule has 0 aromatic carbocycles. The molecule has 1 aromatic rings. The summed E-state index contributed by atoms with van der Waals surface area (Å²) in [5.74, 6) is 1.04. The smallest absolute Gasteiger partial charge is 0.122 e. The lowest BCUT2D eigenvalue weighted by atomic mass is 10.2. The molecule has 0 unspecified atom stereocenters. The summed E-state index contributed by atoms with van der Waals surface area (Å²) >= 11 is 0. The molecule has 0 aliphatic carbocycles. The summed E-state index contributed by atoms with van der Waals surface area (Å²) in [5, 5.41) is 3.41. The normalized spacial score (nSPS) is 11.7. The van der Waals surface area contributed by atoms with Gasteiger partial charge in [0.15, 0.2) is 0 Å². The molecule has 1 rings (SSSR count). The third-order valence-electron chi connectivity index (χ3n) is 2.77. The van der Waals surface area contributed by atoms with Crippen LogP contribution < -0.4 is 5.32 Å². The summed E-state index contributed by atoms with van der Waals surface area (Å²) in [5.41, 5.74) is 1.24. The van der Waals surface area contributed by atoms with E-state index in [0.717, 1.165) is 38.6 Å². The molecular formula is C14H26N2O2. The van der Waals surface area contributed by atoms with Gasteiger partial charge in [0.2, 0.25) is 0 Å². The molecule has 0 bridgehead atoms. The van der Waals surface area contributed by atoms with Crippen molar-refractivity contribution in [3.63, 3.8) is 0 Å². The molecule has 0 atom stereocenters. The highest BCUT2D eigenvalue weighted by molar-refractivity contribution is 5.16. The van der Waals surface area contributed by atoms with Gasteiger partial charge in [0.05, 0.1) is 19.4 Å². The Morgan fingerprint density at radius 3 is 2.89 bits per heavy atom. The van der Waals surface area contributed by atoms with Crippen molar-refractivity contribution in [3.8, 4) is 0 Å². The van der Waals surface area contributed by atoms with Crippen LogP contribution in [0.2, 0.25) is 0 Å². The number of hydrogen-bond donors (Lipinski definition) is 1. The molecule has 0 aliphatic heterocycles. The SMILES string of the molecule is CCOCCN(C)Cc1occc1CNC(C)C. The van der Waals surface area contributed by atoms with E-state index < -0.39 is 0 Å². The Hall–Kier alpha value is -0.840. The van der Waals surface area contributed by atoms with Gasteiger partial charge in [-0.05, 0) is 20.0 Å².